The van der Waals surface area contributed by atoms with Crippen molar-refractivity contribution in [2.24, 2.45) is 10.4 Å². The number of aliphatic hydroxyl groups excluding tert-OH is 1. The first kappa shape index (κ1) is 28.1. The van der Waals surface area contributed by atoms with Crippen LogP contribution in [0.2, 0.25) is 0 Å². The Morgan fingerprint density at radius 3 is 2.41 bits per heavy atom. The van der Waals surface area contributed by atoms with Gasteiger partial charge in [0.2, 0.25) is 0 Å². The molecule has 0 fully saturated rings. The molecule has 0 amide bonds. The van der Waals surface area contributed by atoms with Crippen LogP contribution < -0.4 is 4.74 Å². The van der Waals surface area contributed by atoms with Crippen LogP contribution >= 0.6 is 0 Å². The summed E-state index contributed by atoms with van der Waals surface area (Å²) in [5.41, 5.74) is 3.44. The predicted molar refractivity (Wildman–Crippen MR) is 159 cm³/mol. The first-order chi connectivity index (χ1) is 18.7. The average Bonchev–Trinajstić information content (AvgIpc) is 2.96. The van der Waals surface area contributed by atoms with Crippen molar-refractivity contribution >= 4 is 22.8 Å². The van der Waals surface area contributed by atoms with E-state index in [1.165, 1.54) is 0 Å². The van der Waals surface area contributed by atoms with E-state index in [-0.39, 0.29) is 23.5 Å². The summed E-state index contributed by atoms with van der Waals surface area (Å²) in [5.74, 6) is 0.391. The second-order valence-electron chi connectivity index (χ2n) is 11.1. The number of pyridine rings is 2. The molecular weight excluding hydrogens is 484 g/mol. The Kier molecular flexibility index (Phi) is 8.87. The lowest BCUT2D eigenvalue weighted by atomic mass is 9.77. The Labute approximate surface area is 231 Å². The molecule has 4 aromatic rings. The maximum atomic E-state index is 9.90. The average molecular weight is 523 g/mol. The minimum atomic E-state index is -0.381. The maximum Gasteiger partial charge on any atom is 0.130 e. The van der Waals surface area contributed by atoms with Gasteiger partial charge in [0.15, 0.2) is 0 Å². The van der Waals surface area contributed by atoms with E-state index in [0.29, 0.717) is 12.3 Å². The summed E-state index contributed by atoms with van der Waals surface area (Å²) in [6, 6.07) is 23.5. The zero-order valence-electron chi connectivity index (χ0n) is 23.3. The highest BCUT2D eigenvalue weighted by Gasteiger charge is 2.30. The van der Waals surface area contributed by atoms with Gasteiger partial charge in [0.05, 0.1) is 28.4 Å². The summed E-state index contributed by atoms with van der Waals surface area (Å²) in [6.07, 6.45) is 6.98. The Bertz CT molecular complexity index is 1410. The van der Waals surface area contributed by atoms with Gasteiger partial charge in [-0.3, -0.25) is 9.98 Å². The van der Waals surface area contributed by atoms with Crippen LogP contribution in [0.4, 0.5) is 0 Å². The summed E-state index contributed by atoms with van der Waals surface area (Å²) < 4.78 is 5.99. The lowest BCUT2D eigenvalue weighted by Gasteiger charge is -2.33. The van der Waals surface area contributed by atoms with Gasteiger partial charge in [-0.15, -0.1) is 0 Å². The molecule has 0 bridgehead atoms. The van der Waals surface area contributed by atoms with Crippen LogP contribution in [0.3, 0.4) is 0 Å². The number of aromatic nitrogens is 2. The summed E-state index contributed by atoms with van der Waals surface area (Å²) in [5, 5.41) is 20.1. The van der Waals surface area contributed by atoms with E-state index in [2.05, 4.69) is 43.7 Å². The van der Waals surface area contributed by atoms with Crippen molar-refractivity contribution in [3.05, 3.63) is 102 Å². The first-order valence-corrected chi connectivity index (χ1v) is 13.4. The number of para-hydroxylation sites is 1. The van der Waals surface area contributed by atoms with E-state index in [0.717, 1.165) is 46.3 Å². The molecule has 2 atom stereocenters. The maximum absolute atomic E-state index is 9.90. The molecule has 0 aliphatic carbocycles. The van der Waals surface area contributed by atoms with Gasteiger partial charge in [-0.1, -0.05) is 38.1 Å². The Hall–Kier alpha value is -3.90. The zero-order valence-corrected chi connectivity index (χ0v) is 23.3. The molecule has 0 saturated carbocycles. The topological polar surface area (TPSA) is 91.5 Å². The fraction of sp³-hybridized carbons (Fsp3) is 0.333. The highest BCUT2D eigenvalue weighted by molar-refractivity contribution is 6.12. The number of aliphatic imine (C=N–C) groups is 1. The van der Waals surface area contributed by atoms with Gasteiger partial charge in [0.25, 0.3) is 0 Å². The Morgan fingerprint density at radius 1 is 1.00 bits per heavy atom. The molecule has 2 heterocycles. The van der Waals surface area contributed by atoms with Crippen LogP contribution in [-0.4, -0.2) is 39.1 Å². The predicted octanol–water partition coefficient (Wildman–Crippen LogP) is 7.01. The van der Waals surface area contributed by atoms with Crippen LogP contribution in [0.25, 0.3) is 10.9 Å². The van der Waals surface area contributed by atoms with Crippen molar-refractivity contribution < 1.29 is 9.84 Å². The first-order valence-electron chi connectivity index (χ1n) is 13.4. The van der Waals surface area contributed by atoms with Crippen molar-refractivity contribution in [3.8, 4) is 5.75 Å². The number of ether oxygens (including phenoxy) is 1. The zero-order chi connectivity index (χ0) is 27.9. The molecule has 202 valence electrons. The third-order valence-electron chi connectivity index (χ3n) is 7.25. The molecule has 2 aromatic carbocycles. The fourth-order valence-corrected chi connectivity index (χ4v) is 4.81. The van der Waals surface area contributed by atoms with Crippen LogP contribution in [-0.2, 0) is 6.61 Å². The van der Waals surface area contributed by atoms with E-state index in [4.69, 9.17) is 15.1 Å². The fourth-order valence-electron chi connectivity index (χ4n) is 4.81. The molecule has 4 rings (SSSR count). The van der Waals surface area contributed by atoms with Crippen molar-refractivity contribution in [2.45, 2.75) is 58.6 Å². The van der Waals surface area contributed by atoms with E-state index in [1.54, 1.807) is 12.4 Å². The summed E-state index contributed by atoms with van der Waals surface area (Å²) in [7, 11) is 0. The van der Waals surface area contributed by atoms with E-state index in [1.807, 2.05) is 72.9 Å². The number of rotatable bonds is 12. The van der Waals surface area contributed by atoms with Gasteiger partial charge < -0.3 is 15.3 Å². The second kappa shape index (κ2) is 12.3. The molecule has 2 aromatic heterocycles. The number of nitrogens with one attached hydrogen (secondary N) is 1. The number of aliphatic hydroxyl groups is 1. The molecule has 2 N–H and O–H groups in total. The molecule has 0 aliphatic rings. The van der Waals surface area contributed by atoms with Crippen molar-refractivity contribution in [2.75, 3.05) is 6.61 Å². The van der Waals surface area contributed by atoms with Gasteiger partial charge in [-0.2, -0.15) is 0 Å². The van der Waals surface area contributed by atoms with Crippen LogP contribution in [0.15, 0.2) is 90.2 Å². The van der Waals surface area contributed by atoms with Crippen LogP contribution in [0, 0.1) is 10.8 Å². The Balaban J connectivity index is 1.49. The van der Waals surface area contributed by atoms with Crippen molar-refractivity contribution in [3.63, 3.8) is 0 Å². The van der Waals surface area contributed by atoms with Crippen LogP contribution in [0.1, 0.15) is 63.3 Å². The number of benzene rings is 2. The minimum Gasteiger partial charge on any atom is -0.487 e. The lowest BCUT2D eigenvalue weighted by Crippen LogP contribution is -2.32. The van der Waals surface area contributed by atoms with Crippen LogP contribution in [0.5, 0.6) is 5.75 Å². The largest absolute Gasteiger partial charge is 0.487 e. The van der Waals surface area contributed by atoms with Gasteiger partial charge >= 0.3 is 0 Å². The van der Waals surface area contributed by atoms with Gasteiger partial charge in [0, 0.05) is 30.6 Å². The third kappa shape index (κ3) is 7.36. The van der Waals surface area contributed by atoms with Crippen molar-refractivity contribution in [1.29, 1.82) is 5.41 Å². The van der Waals surface area contributed by atoms with E-state index < -0.39 is 0 Å². The molecule has 0 saturated heterocycles. The molecule has 6 heteroatoms. The third-order valence-corrected chi connectivity index (χ3v) is 7.25. The van der Waals surface area contributed by atoms with E-state index in [9.17, 15) is 5.11 Å². The number of nitrogens with zero attached hydrogens (tertiary/aromatic N) is 3. The molecule has 0 radical (unpaired) electrons. The SMILES string of the molecule is CCC(C)(CO)CC(C)(C)N=CC(C(=N)c1ccc(OCc2ccc3ccccc3n2)cc1)c1ccncc1. The number of fused-ring (bicyclic) bond motifs is 1. The summed E-state index contributed by atoms with van der Waals surface area (Å²) in [4.78, 5) is 13.8. The quantitative estimate of drug-likeness (QED) is 0.196. The smallest absolute Gasteiger partial charge is 0.130 e. The normalized spacial score (nSPS) is 14.3. The molecule has 0 aliphatic heterocycles. The Morgan fingerprint density at radius 2 is 1.72 bits per heavy atom. The van der Waals surface area contributed by atoms with Gasteiger partial charge in [-0.25, -0.2) is 4.98 Å². The van der Waals surface area contributed by atoms with E-state index >= 15 is 0 Å². The lowest BCUT2D eigenvalue weighted by molar-refractivity contribution is 0.107. The standard InChI is InChI=1S/C33H38N4O2/c1-5-33(4,23-38)22-32(2,3)36-20-29(24-16-18-35-19-17-24)31(34)26-11-14-28(15-12-26)39-21-27-13-10-25-8-6-7-9-30(25)37-27/h6-20,29,34,38H,5,21-23H2,1-4H3. The molecular formula is C33H38N4O2. The summed E-state index contributed by atoms with van der Waals surface area (Å²) in [6.45, 7) is 8.84. The highest BCUT2D eigenvalue weighted by atomic mass is 16.5. The monoisotopic (exact) mass is 522 g/mol. The number of hydrogen-bond donors (Lipinski definition) is 2. The second-order valence-corrected chi connectivity index (χ2v) is 11.1. The molecule has 39 heavy (non-hydrogen) atoms. The number of hydrogen-bond acceptors (Lipinski definition) is 6. The minimum absolute atomic E-state index is 0.122. The molecule has 2 unspecified atom stereocenters. The van der Waals surface area contributed by atoms with Gasteiger partial charge in [-0.05, 0) is 91.8 Å². The summed E-state index contributed by atoms with van der Waals surface area (Å²) >= 11 is 0. The van der Waals surface area contributed by atoms with Gasteiger partial charge in [0.1, 0.15) is 12.4 Å². The van der Waals surface area contributed by atoms with Crippen molar-refractivity contribution in [1.82, 2.24) is 9.97 Å². The molecule has 0 spiro atoms. The molecule has 6 nitrogen and oxygen atoms in total. The highest BCUT2D eigenvalue weighted by Crippen LogP contribution is 2.33.